The lowest BCUT2D eigenvalue weighted by Crippen LogP contribution is -2.19. The average Bonchev–Trinajstić information content (AvgIpc) is 2.72. The van der Waals surface area contributed by atoms with E-state index in [4.69, 9.17) is 21.6 Å². The maximum Gasteiger partial charge on any atom is 0.215 e. The van der Waals surface area contributed by atoms with E-state index in [1.807, 2.05) is 57.2 Å². The number of rotatable bonds is 4. The van der Waals surface area contributed by atoms with Crippen molar-refractivity contribution in [2.24, 2.45) is 5.92 Å². The Morgan fingerprint density at radius 2 is 1.70 bits per heavy atom. The van der Waals surface area contributed by atoms with Gasteiger partial charge in [-0.05, 0) is 25.0 Å². The number of aromatic nitrogens is 4. The summed E-state index contributed by atoms with van der Waals surface area (Å²) in [6.07, 6.45) is 0.626. The number of aromatic amines is 1. The van der Waals surface area contributed by atoms with Crippen molar-refractivity contribution in [3.8, 4) is 22.5 Å². The van der Waals surface area contributed by atoms with Gasteiger partial charge in [0.05, 0.1) is 17.5 Å². The molecule has 3 aromatic heterocycles. The second-order valence-electron chi connectivity index (χ2n) is 7.57. The van der Waals surface area contributed by atoms with Crippen LogP contribution in [0.4, 0.5) is 0 Å². The number of pyridine rings is 2. The highest BCUT2D eigenvalue weighted by Crippen LogP contribution is 2.31. The quantitative estimate of drug-likeness (QED) is 0.467. The minimum atomic E-state index is -0.894. The molecule has 0 radical (unpaired) electrons. The van der Waals surface area contributed by atoms with Gasteiger partial charge in [0.15, 0.2) is 11.2 Å². The lowest BCUT2D eigenvalue weighted by molar-refractivity contribution is 0.126. The number of hydrogen-bond donors (Lipinski definition) is 2. The molecule has 0 saturated carbocycles. The first kappa shape index (κ1) is 20.2. The zero-order valence-electron chi connectivity index (χ0n) is 16.8. The number of hydrogen-bond acceptors (Lipinski definition) is 5. The van der Waals surface area contributed by atoms with Gasteiger partial charge < -0.3 is 10.1 Å². The minimum absolute atomic E-state index is 0.110. The molecular weight excluding hydrogens is 400 g/mol. The molecule has 0 fully saturated rings. The molecule has 4 rings (SSSR count). The summed E-state index contributed by atoms with van der Waals surface area (Å²) in [6.45, 7) is 5.55. The fraction of sp³-hybridized carbons (Fsp3) is 0.217. The van der Waals surface area contributed by atoms with Crippen LogP contribution in [-0.2, 0) is 0 Å². The molecule has 152 valence electrons. The van der Waals surface area contributed by atoms with Gasteiger partial charge in [0.25, 0.3) is 0 Å². The molecule has 3 heterocycles. The van der Waals surface area contributed by atoms with Crippen LogP contribution in [0.2, 0.25) is 5.15 Å². The highest BCUT2D eigenvalue weighted by Gasteiger charge is 2.21. The predicted octanol–water partition coefficient (Wildman–Crippen LogP) is 4.70. The minimum Gasteiger partial charge on any atom is -0.388 e. The van der Waals surface area contributed by atoms with Crippen molar-refractivity contribution in [1.29, 1.82) is 0 Å². The number of aliphatic hydroxyl groups is 1. The maximum absolute atomic E-state index is 13.1. The van der Waals surface area contributed by atoms with E-state index in [9.17, 15) is 9.90 Å². The van der Waals surface area contributed by atoms with Gasteiger partial charge in [-0.15, -0.1) is 0 Å². The summed E-state index contributed by atoms with van der Waals surface area (Å²) >= 11 is 6.19. The van der Waals surface area contributed by atoms with Crippen LogP contribution >= 0.6 is 11.6 Å². The van der Waals surface area contributed by atoms with Crippen molar-refractivity contribution in [3.05, 3.63) is 75.3 Å². The molecular formula is C23H21ClN4O2. The molecule has 1 unspecified atom stereocenters. The van der Waals surface area contributed by atoms with Gasteiger partial charge in [-0.2, -0.15) is 0 Å². The van der Waals surface area contributed by atoms with Crippen molar-refractivity contribution in [1.82, 2.24) is 19.9 Å². The lowest BCUT2D eigenvalue weighted by atomic mass is 10.00. The average molecular weight is 421 g/mol. The SMILES string of the molecule is Cc1cc(-c2nc3c(=O)c(C(O)C(C)C)c[nH]c3nc2-c2ccccc2)cc(Cl)n1. The van der Waals surface area contributed by atoms with E-state index in [0.29, 0.717) is 22.2 Å². The van der Waals surface area contributed by atoms with Gasteiger partial charge in [0.1, 0.15) is 5.15 Å². The molecule has 4 aromatic rings. The van der Waals surface area contributed by atoms with E-state index in [-0.39, 0.29) is 22.4 Å². The topological polar surface area (TPSA) is 91.8 Å². The predicted molar refractivity (Wildman–Crippen MR) is 118 cm³/mol. The van der Waals surface area contributed by atoms with Crippen molar-refractivity contribution in [2.45, 2.75) is 26.9 Å². The van der Waals surface area contributed by atoms with E-state index in [1.165, 1.54) is 6.20 Å². The van der Waals surface area contributed by atoms with E-state index >= 15 is 0 Å². The molecule has 2 N–H and O–H groups in total. The molecule has 7 heteroatoms. The number of nitrogens with zero attached hydrogens (tertiary/aromatic N) is 3. The first-order valence-electron chi connectivity index (χ1n) is 9.66. The van der Waals surface area contributed by atoms with Crippen LogP contribution in [-0.4, -0.2) is 25.0 Å². The molecule has 1 atom stereocenters. The van der Waals surface area contributed by atoms with Crippen molar-refractivity contribution < 1.29 is 5.11 Å². The van der Waals surface area contributed by atoms with Crippen molar-refractivity contribution >= 4 is 22.8 Å². The first-order valence-corrected chi connectivity index (χ1v) is 10.0. The van der Waals surface area contributed by atoms with Gasteiger partial charge in [-0.25, -0.2) is 15.0 Å². The van der Waals surface area contributed by atoms with Crippen LogP contribution < -0.4 is 5.43 Å². The van der Waals surface area contributed by atoms with Crippen LogP contribution in [0.25, 0.3) is 33.7 Å². The van der Waals surface area contributed by atoms with Crippen LogP contribution in [0.3, 0.4) is 0 Å². The van der Waals surface area contributed by atoms with Gasteiger partial charge in [-0.3, -0.25) is 4.79 Å². The Kier molecular flexibility index (Phi) is 5.37. The third-order valence-corrected chi connectivity index (χ3v) is 5.12. The molecule has 1 aromatic carbocycles. The number of fused-ring (bicyclic) bond motifs is 1. The highest BCUT2D eigenvalue weighted by molar-refractivity contribution is 6.29. The summed E-state index contributed by atoms with van der Waals surface area (Å²) in [5.74, 6) is -0.110. The number of nitrogens with one attached hydrogen (secondary N) is 1. The molecule has 0 saturated heterocycles. The standard InChI is InChI=1S/C23H21ClN4O2/c1-12(2)21(29)16-11-25-23-20(22(16)30)27-19(15-9-13(3)26-17(24)10-15)18(28-23)14-7-5-4-6-8-14/h4-12,21,29H,1-3H3,(H,25,28,30). The van der Waals surface area contributed by atoms with Crippen molar-refractivity contribution in [3.63, 3.8) is 0 Å². The molecule has 0 aliphatic rings. The maximum atomic E-state index is 13.1. The third-order valence-electron chi connectivity index (χ3n) is 4.93. The number of halogens is 1. The Bertz CT molecular complexity index is 1270. The number of H-pyrrole nitrogens is 1. The first-order chi connectivity index (χ1) is 14.3. The number of aliphatic hydroxyl groups excluding tert-OH is 1. The van der Waals surface area contributed by atoms with Gasteiger partial charge in [-0.1, -0.05) is 55.8 Å². The van der Waals surface area contributed by atoms with E-state index < -0.39 is 6.10 Å². The Labute approximate surface area is 178 Å². The summed E-state index contributed by atoms with van der Waals surface area (Å²) in [7, 11) is 0. The lowest BCUT2D eigenvalue weighted by Gasteiger charge is -2.15. The third kappa shape index (κ3) is 3.72. The Morgan fingerprint density at radius 3 is 2.37 bits per heavy atom. The van der Waals surface area contributed by atoms with E-state index in [2.05, 4.69) is 9.97 Å². The van der Waals surface area contributed by atoms with Gasteiger partial charge >= 0.3 is 0 Å². The van der Waals surface area contributed by atoms with E-state index in [0.717, 1.165) is 16.8 Å². The van der Waals surface area contributed by atoms with Crippen LogP contribution in [0, 0.1) is 12.8 Å². The summed E-state index contributed by atoms with van der Waals surface area (Å²) in [5, 5.41) is 10.8. The normalized spacial score (nSPS) is 12.5. The van der Waals surface area contributed by atoms with Crippen LogP contribution in [0.15, 0.2) is 53.5 Å². The summed E-state index contributed by atoms with van der Waals surface area (Å²) < 4.78 is 0. The van der Waals surface area contributed by atoms with Gasteiger partial charge in [0.2, 0.25) is 5.43 Å². The zero-order valence-corrected chi connectivity index (χ0v) is 17.6. The Hall–Kier alpha value is -3.09. The second kappa shape index (κ2) is 7.97. The van der Waals surface area contributed by atoms with Crippen molar-refractivity contribution in [2.75, 3.05) is 0 Å². The molecule has 0 bridgehead atoms. The second-order valence-corrected chi connectivity index (χ2v) is 7.95. The Morgan fingerprint density at radius 1 is 1.00 bits per heavy atom. The Balaban J connectivity index is 2.05. The fourth-order valence-corrected chi connectivity index (χ4v) is 3.64. The summed E-state index contributed by atoms with van der Waals surface area (Å²) in [6, 6.07) is 13.2. The van der Waals surface area contributed by atoms with Gasteiger partial charge in [0, 0.05) is 28.6 Å². The smallest absolute Gasteiger partial charge is 0.215 e. The largest absolute Gasteiger partial charge is 0.388 e. The fourth-order valence-electron chi connectivity index (χ4n) is 3.38. The summed E-state index contributed by atoms with van der Waals surface area (Å²) in [4.78, 5) is 29.8. The summed E-state index contributed by atoms with van der Waals surface area (Å²) in [5.41, 5.74) is 3.93. The molecule has 6 nitrogen and oxygen atoms in total. The van der Waals surface area contributed by atoms with Crippen LogP contribution in [0.5, 0.6) is 0 Å². The van der Waals surface area contributed by atoms with Crippen LogP contribution in [0.1, 0.15) is 31.2 Å². The molecule has 0 spiro atoms. The molecule has 30 heavy (non-hydrogen) atoms. The van der Waals surface area contributed by atoms with E-state index in [1.54, 1.807) is 6.07 Å². The number of aryl methyl sites for hydroxylation is 1. The number of benzene rings is 1. The monoisotopic (exact) mass is 420 g/mol. The highest BCUT2D eigenvalue weighted by atomic mass is 35.5. The molecule has 0 amide bonds. The zero-order chi connectivity index (χ0) is 21.4. The molecule has 0 aliphatic heterocycles. The molecule has 0 aliphatic carbocycles.